The number of allylic oxidation sites excluding steroid dienone is 1. The molecule has 1 aromatic heterocycles. The van der Waals surface area contributed by atoms with Crippen molar-refractivity contribution in [3.63, 3.8) is 0 Å². The van der Waals surface area contributed by atoms with Crippen LogP contribution in [-0.2, 0) is 0 Å². The number of anilines is 2. The lowest BCUT2D eigenvalue weighted by Crippen LogP contribution is -2.40. The molecule has 0 saturated heterocycles. The predicted molar refractivity (Wildman–Crippen MR) is 94.5 cm³/mol. The van der Waals surface area contributed by atoms with Gasteiger partial charge in [0.2, 0.25) is 0 Å². The van der Waals surface area contributed by atoms with Crippen LogP contribution in [0, 0.1) is 6.92 Å². The highest BCUT2D eigenvalue weighted by Gasteiger charge is 2.15. The van der Waals surface area contributed by atoms with Crippen LogP contribution in [0.5, 0.6) is 0 Å². The minimum absolute atomic E-state index is 0.404. The van der Waals surface area contributed by atoms with Crippen LogP contribution < -0.4 is 16.6 Å². The SMILES string of the molecule is CC1=NN(Nc2ccc3nc(C)cc(N)c3c2)NC(Cl)=C1S. The van der Waals surface area contributed by atoms with Gasteiger partial charge in [-0.3, -0.25) is 15.8 Å². The number of benzene rings is 1. The van der Waals surface area contributed by atoms with Gasteiger partial charge in [0.25, 0.3) is 0 Å². The van der Waals surface area contributed by atoms with Crippen molar-refractivity contribution in [3.05, 3.63) is 40.0 Å². The molecule has 8 heteroatoms. The molecule has 0 atom stereocenters. The van der Waals surface area contributed by atoms with Gasteiger partial charge in [-0.15, -0.1) is 23.0 Å². The van der Waals surface area contributed by atoms with Crippen molar-refractivity contribution >= 4 is 52.2 Å². The number of halogens is 1. The van der Waals surface area contributed by atoms with Crippen molar-refractivity contribution in [1.29, 1.82) is 0 Å². The molecular formula is C14H15ClN6S. The molecular weight excluding hydrogens is 320 g/mol. The van der Waals surface area contributed by atoms with Gasteiger partial charge in [-0.25, -0.2) is 0 Å². The fourth-order valence-electron chi connectivity index (χ4n) is 2.16. The first-order valence-corrected chi connectivity index (χ1v) is 7.41. The molecule has 2 aromatic rings. The van der Waals surface area contributed by atoms with E-state index in [2.05, 4.69) is 33.6 Å². The lowest BCUT2D eigenvalue weighted by Gasteiger charge is -2.26. The standard InChI is InChI=1S/C14H15ClN6S/c1-7-5-11(16)10-6-9(3-4-12(10)17-7)19-21-18-8(2)13(22)14(15)20-21/h3-6,19-20,22H,1-2H3,(H2,16,17). The first-order chi connectivity index (χ1) is 10.4. The van der Waals surface area contributed by atoms with Crippen LogP contribution in [0.4, 0.5) is 11.4 Å². The second-order valence-corrected chi connectivity index (χ2v) is 5.79. The zero-order valence-electron chi connectivity index (χ0n) is 12.1. The largest absolute Gasteiger partial charge is 0.398 e. The molecule has 0 fully saturated rings. The van der Waals surface area contributed by atoms with Gasteiger partial charge in [0, 0.05) is 16.8 Å². The Morgan fingerprint density at radius 3 is 2.82 bits per heavy atom. The molecule has 0 bridgehead atoms. The molecule has 0 saturated carbocycles. The van der Waals surface area contributed by atoms with Crippen LogP contribution in [0.3, 0.4) is 0 Å². The number of hydrogen-bond acceptors (Lipinski definition) is 7. The number of hydrazone groups is 1. The third-order valence-electron chi connectivity index (χ3n) is 3.21. The zero-order chi connectivity index (χ0) is 15.9. The van der Waals surface area contributed by atoms with E-state index in [9.17, 15) is 0 Å². The van der Waals surface area contributed by atoms with E-state index in [-0.39, 0.29) is 0 Å². The average Bonchev–Trinajstić information content (AvgIpc) is 2.45. The summed E-state index contributed by atoms with van der Waals surface area (Å²) in [4.78, 5) is 5.07. The molecule has 3 rings (SSSR count). The molecule has 1 aliphatic rings. The van der Waals surface area contributed by atoms with Crippen molar-refractivity contribution in [3.8, 4) is 0 Å². The van der Waals surface area contributed by atoms with Gasteiger partial charge < -0.3 is 5.73 Å². The third kappa shape index (κ3) is 2.77. The summed E-state index contributed by atoms with van der Waals surface area (Å²) in [5.41, 5.74) is 16.0. The summed E-state index contributed by atoms with van der Waals surface area (Å²) < 4.78 is 0. The van der Waals surface area contributed by atoms with E-state index in [4.69, 9.17) is 17.3 Å². The first kappa shape index (κ1) is 14.8. The number of fused-ring (bicyclic) bond motifs is 1. The highest BCUT2D eigenvalue weighted by Crippen LogP contribution is 2.25. The fourth-order valence-corrected chi connectivity index (χ4v) is 2.47. The highest BCUT2D eigenvalue weighted by molar-refractivity contribution is 7.85. The Hall–Kier alpha value is -2.12. The number of hydrogen-bond donors (Lipinski definition) is 4. The van der Waals surface area contributed by atoms with E-state index >= 15 is 0 Å². The maximum absolute atomic E-state index is 6.06. The van der Waals surface area contributed by atoms with Crippen LogP contribution in [0.1, 0.15) is 12.6 Å². The van der Waals surface area contributed by atoms with Crippen LogP contribution >= 0.6 is 24.2 Å². The van der Waals surface area contributed by atoms with E-state index in [1.807, 2.05) is 38.1 Å². The smallest absolute Gasteiger partial charge is 0.139 e. The lowest BCUT2D eigenvalue weighted by molar-refractivity contribution is 0.278. The van der Waals surface area contributed by atoms with E-state index < -0.39 is 0 Å². The van der Waals surface area contributed by atoms with Crippen LogP contribution in [0.15, 0.2) is 39.4 Å². The average molecular weight is 335 g/mol. The number of nitrogens with two attached hydrogens (primary N) is 1. The van der Waals surface area contributed by atoms with Crippen molar-refractivity contribution < 1.29 is 0 Å². The number of hydrazine groups is 2. The monoisotopic (exact) mass is 334 g/mol. The lowest BCUT2D eigenvalue weighted by atomic mass is 10.1. The van der Waals surface area contributed by atoms with E-state index in [0.29, 0.717) is 21.5 Å². The molecule has 0 radical (unpaired) electrons. The van der Waals surface area contributed by atoms with E-state index in [0.717, 1.165) is 22.3 Å². The molecule has 22 heavy (non-hydrogen) atoms. The van der Waals surface area contributed by atoms with Gasteiger partial charge >= 0.3 is 0 Å². The summed E-state index contributed by atoms with van der Waals surface area (Å²) in [7, 11) is 0. The number of nitrogens with zero attached hydrogens (tertiary/aromatic N) is 3. The molecule has 6 nitrogen and oxygen atoms in total. The Morgan fingerprint density at radius 2 is 2.09 bits per heavy atom. The Labute approximate surface area is 138 Å². The quantitative estimate of drug-likeness (QED) is 0.501. The number of pyridine rings is 1. The van der Waals surface area contributed by atoms with Gasteiger partial charge in [-0.1, -0.05) is 11.6 Å². The minimum Gasteiger partial charge on any atom is -0.398 e. The maximum Gasteiger partial charge on any atom is 0.139 e. The fraction of sp³-hybridized carbons (Fsp3) is 0.143. The predicted octanol–water partition coefficient (Wildman–Crippen LogP) is 2.99. The highest BCUT2D eigenvalue weighted by atomic mass is 35.5. The van der Waals surface area contributed by atoms with Crippen molar-refractivity contribution in [2.75, 3.05) is 11.2 Å². The molecule has 0 spiro atoms. The molecule has 0 amide bonds. The minimum atomic E-state index is 0.404. The second kappa shape index (κ2) is 5.58. The molecule has 1 aliphatic heterocycles. The van der Waals surface area contributed by atoms with Gasteiger partial charge in [0.15, 0.2) is 0 Å². The Bertz CT molecular complexity index is 816. The molecule has 2 heterocycles. The van der Waals surface area contributed by atoms with E-state index in [1.54, 1.807) is 0 Å². The topological polar surface area (TPSA) is 78.6 Å². The number of rotatable bonds is 2. The number of nitrogen functional groups attached to an aromatic ring is 1. The normalized spacial score (nSPS) is 14.9. The molecule has 1 aromatic carbocycles. The van der Waals surface area contributed by atoms with Crippen LogP contribution in [0.25, 0.3) is 10.9 Å². The van der Waals surface area contributed by atoms with Crippen molar-refractivity contribution in [1.82, 2.24) is 15.6 Å². The van der Waals surface area contributed by atoms with Crippen molar-refractivity contribution in [2.45, 2.75) is 13.8 Å². The number of nitrogens with one attached hydrogen (secondary N) is 2. The summed E-state index contributed by atoms with van der Waals surface area (Å²) in [5, 5.41) is 7.00. The zero-order valence-corrected chi connectivity index (χ0v) is 13.7. The molecule has 0 aliphatic carbocycles. The summed E-state index contributed by atoms with van der Waals surface area (Å²) in [5.74, 6) is 0. The molecule has 114 valence electrons. The van der Waals surface area contributed by atoms with Gasteiger partial charge in [-0.05, 0) is 38.1 Å². The second-order valence-electron chi connectivity index (χ2n) is 4.97. The summed E-state index contributed by atoms with van der Waals surface area (Å²) in [6.07, 6.45) is 0. The van der Waals surface area contributed by atoms with Gasteiger partial charge in [0.1, 0.15) is 5.16 Å². The summed E-state index contributed by atoms with van der Waals surface area (Å²) in [6.45, 7) is 3.74. The maximum atomic E-state index is 6.06. The Morgan fingerprint density at radius 1 is 1.32 bits per heavy atom. The van der Waals surface area contributed by atoms with E-state index in [1.165, 1.54) is 5.23 Å². The van der Waals surface area contributed by atoms with Crippen LogP contribution in [-0.4, -0.2) is 15.9 Å². The van der Waals surface area contributed by atoms with Gasteiger partial charge in [-0.2, -0.15) is 0 Å². The summed E-state index contributed by atoms with van der Waals surface area (Å²) in [6, 6.07) is 7.56. The third-order valence-corrected chi connectivity index (χ3v) is 4.16. The summed E-state index contributed by atoms with van der Waals surface area (Å²) >= 11 is 10.3. The van der Waals surface area contributed by atoms with Crippen LogP contribution in [0.2, 0.25) is 0 Å². The number of aromatic nitrogens is 1. The first-order valence-electron chi connectivity index (χ1n) is 6.58. The van der Waals surface area contributed by atoms with Gasteiger partial charge in [0.05, 0.1) is 21.8 Å². The number of thiol groups is 1. The van der Waals surface area contributed by atoms with Crippen molar-refractivity contribution in [2.24, 2.45) is 5.10 Å². The number of aryl methyl sites for hydroxylation is 1. The Balaban J connectivity index is 1.90. The molecule has 0 unspecified atom stereocenters. The molecule has 4 N–H and O–H groups in total. The Kier molecular flexibility index (Phi) is 3.76.